The number of benzene rings is 1. The number of piperidine rings is 1. The molecule has 2 bridgehead atoms. The summed E-state index contributed by atoms with van der Waals surface area (Å²) in [5.74, 6) is 1.91. The first-order valence-corrected chi connectivity index (χ1v) is 14.0. The maximum absolute atomic E-state index is 13.1. The molecule has 6 heteroatoms. The largest absolute Gasteiger partial charge is 0.342 e. The summed E-state index contributed by atoms with van der Waals surface area (Å²) in [6.07, 6.45) is 7.87. The molecule has 4 heterocycles. The first-order valence-electron chi connectivity index (χ1n) is 14.0. The van der Waals surface area contributed by atoms with Crippen molar-refractivity contribution in [1.82, 2.24) is 19.6 Å². The minimum atomic E-state index is -0.0108. The van der Waals surface area contributed by atoms with Crippen molar-refractivity contribution < 1.29 is 9.59 Å². The number of hydrogen-bond acceptors (Lipinski definition) is 3. The number of carbonyl (C=O) groups is 2. The number of urea groups is 1. The van der Waals surface area contributed by atoms with Gasteiger partial charge in [-0.3, -0.25) is 9.69 Å². The first kappa shape index (κ1) is 23.3. The predicted molar refractivity (Wildman–Crippen MR) is 137 cm³/mol. The monoisotopic (exact) mass is 478 g/mol. The van der Waals surface area contributed by atoms with Crippen molar-refractivity contribution in [3.8, 4) is 0 Å². The van der Waals surface area contributed by atoms with E-state index in [4.69, 9.17) is 0 Å². The SMILES string of the molecule is CC(C)N1C(=O)N(C)CC12CC1CCC(C2)N1C[C@H]1CN(C(=O)CC2CC2)C[C@@H]1c1ccccc1. The Labute approximate surface area is 210 Å². The lowest BCUT2D eigenvalue weighted by Crippen LogP contribution is -2.60. The third-order valence-corrected chi connectivity index (χ3v) is 9.72. The van der Waals surface area contributed by atoms with E-state index in [1.165, 1.54) is 31.2 Å². The molecule has 1 spiro atoms. The summed E-state index contributed by atoms with van der Waals surface area (Å²) in [7, 11) is 1.97. The Balaban J connectivity index is 1.20. The molecule has 0 radical (unpaired) electrons. The quantitative estimate of drug-likeness (QED) is 0.617. The summed E-state index contributed by atoms with van der Waals surface area (Å²) >= 11 is 0. The maximum Gasteiger partial charge on any atom is 0.320 e. The van der Waals surface area contributed by atoms with Crippen molar-refractivity contribution in [1.29, 1.82) is 0 Å². The van der Waals surface area contributed by atoms with Crippen LogP contribution in [0.4, 0.5) is 4.79 Å². The second-order valence-corrected chi connectivity index (χ2v) is 12.5. The van der Waals surface area contributed by atoms with E-state index >= 15 is 0 Å². The second kappa shape index (κ2) is 8.79. The summed E-state index contributed by atoms with van der Waals surface area (Å²) in [4.78, 5) is 35.2. The van der Waals surface area contributed by atoms with Crippen LogP contribution in [0.15, 0.2) is 30.3 Å². The molecule has 4 saturated heterocycles. The van der Waals surface area contributed by atoms with Crippen LogP contribution in [0, 0.1) is 11.8 Å². The molecule has 5 fully saturated rings. The molecule has 2 unspecified atom stereocenters. The number of hydrogen-bond donors (Lipinski definition) is 0. The number of rotatable bonds is 6. The summed E-state index contributed by atoms with van der Waals surface area (Å²) in [6, 6.07) is 12.4. The van der Waals surface area contributed by atoms with E-state index in [1.807, 2.05) is 11.9 Å². The first-order chi connectivity index (χ1) is 16.8. The highest BCUT2D eigenvalue weighted by atomic mass is 16.2. The van der Waals surface area contributed by atoms with Gasteiger partial charge < -0.3 is 14.7 Å². The van der Waals surface area contributed by atoms with Gasteiger partial charge in [-0.05, 0) is 69.8 Å². The molecule has 35 heavy (non-hydrogen) atoms. The smallest absolute Gasteiger partial charge is 0.320 e. The van der Waals surface area contributed by atoms with Crippen molar-refractivity contribution in [2.75, 3.05) is 33.2 Å². The molecule has 5 aliphatic rings. The molecule has 6 nitrogen and oxygen atoms in total. The lowest BCUT2D eigenvalue weighted by atomic mass is 9.80. The number of nitrogens with zero attached hydrogens (tertiary/aromatic N) is 4. The van der Waals surface area contributed by atoms with Gasteiger partial charge in [-0.25, -0.2) is 4.79 Å². The third kappa shape index (κ3) is 4.16. The van der Waals surface area contributed by atoms with E-state index in [9.17, 15) is 9.59 Å². The van der Waals surface area contributed by atoms with Gasteiger partial charge in [0.05, 0.1) is 5.54 Å². The molecular weight excluding hydrogens is 436 g/mol. The number of amides is 3. The Morgan fingerprint density at radius 1 is 1.03 bits per heavy atom. The average Bonchev–Trinajstić information content (AvgIpc) is 3.41. The van der Waals surface area contributed by atoms with Gasteiger partial charge in [0.15, 0.2) is 0 Å². The Hall–Kier alpha value is -2.08. The van der Waals surface area contributed by atoms with Crippen molar-refractivity contribution in [2.45, 2.75) is 88.4 Å². The van der Waals surface area contributed by atoms with Gasteiger partial charge in [-0.15, -0.1) is 0 Å². The fourth-order valence-corrected chi connectivity index (χ4v) is 8.08. The highest BCUT2D eigenvalue weighted by Crippen LogP contribution is 2.48. The lowest BCUT2D eigenvalue weighted by Gasteiger charge is -2.50. The normalized spacial score (nSPS) is 35.2. The van der Waals surface area contributed by atoms with E-state index in [1.54, 1.807) is 0 Å². The van der Waals surface area contributed by atoms with Crippen molar-refractivity contribution >= 4 is 11.9 Å². The summed E-state index contributed by atoms with van der Waals surface area (Å²) < 4.78 is 0. The standard InChI is InChI=1S/C29H42N4O2/c1-20(2)33-28(35)30(3)19-29(33)14-24-11-12-25(15-29)32(24)17-23-16-31(27(34)13-21-9-10-21)18-26(23)22-7-5-4-6-8-22/h4-8,20-21,23-26H,9-19H2,1-3H3/t23-,24?,25?,26-,29?/m1/s1. The topological polar surface area (TPSA) is 47.1 Å². The van der Waals surface area contributed by atoms with E-state index in [2.05, 4.69) is 58.9 Å². The van der Waals surface area contributed by atoms with Gasteiger partial charge in [-0.2, -0.15) is 0 Å². The molecular formula is C29H42N4O2. The zero-order valence-electron chi connectivity index (χ0n) is 21.7. The van der Waals surface area contributed by atoms with Crippen molar-refractivity contribution in [3.05, 3.63) is 35.9 Å². The minimum absolute atomic E-state index is 0.0108. The van der Waals surface area contributed by atoms with Gasteiger partial charge in [0, 0.05) is 63.7 Å². The highest BCUT2D eigenvalue weighted by Gasteiger charge is 2.57. The number of likely N-dealkylation sites (N-methyl/N-ethyl adjacent to an activating group) is 1. The lowest BCUT2D eigenvalue weighted by molar-refractivity contribution is -0.130. The Morgan fingerprint density at radius 2 is 1.71 bits per heavy atom. The minimum Gasteiger partial charge on any atom is -0.342 e. The van der Waals surface area contributed by atoms with Crippen molar-refractivity contribution in [2.24, 2.45) is 11.8 Å². The number of carbonyl (C=O) groups excluding carboxylic acids is 2. The molecule has 1 aromatic carbocycles. The van der Waals surface area contributed by atoms with E-state index < -0.39 is 0 Å². The van der Waals surface area contributed by atoms with Crippen LogP contribution >= 0.6 is 0 Å². The second-order valence-electron chi connectivity index (χ2n) is 12.5. The molecule has 4 atom stereocenters. The summed E-state index contributed by atoms with van der Waals surface area (Å²) in [5.41, 5.74) is 1.37. The van der Waals surface area contributed by atoms with Crippen LogP contribution in [-0.4, -0.2) is 88.4 Å². The third-order valence-electron chi connectivity index (χ3n) is 9.72. The van der Waals surface area contributed by atoms with E-state index in [0.29, 0.717) is 35.7 Å². The van der Waals surface area contributed by atoms with Crippen LogP contribution in [0.25, 0.3) is 0 Å². The molecule has 0 N–H and O–H groups in total. The van der Waals surface area contributed by atoms with Gasteiger partial charge in [-0.1, -0.05) is 30.3 Å². The molecule has 3 amide bonds. The van der Waals surface area contributed by atoms with Crippen LogP contribution < -0.4 is 0 Å². The Kier molecular flexibility index (Phi) is 5.86. The van der Waals surface area contributed by atoms with Gasteiger partial charge in [0.2, 0.25) is 5.91 Å². The van der Waals surface area contributed by atoms with Crippen LogP contribution in [0.3, 0.4) is 0 Å². The van der Waals surface area contributed by atoms with E-state index in [0.717, 1.165) is 45.4 Å². The number of likely N-dealkylation sites (tertiary alicyclic amines) is 1. The molecule has 190 valence electrons. The summed E-state index contributed by atoms with van der Waals surface area (Å²) in [5, 5.41) is 0. The van der Waals surface area contributed by atoms with Crippen molar-refractivity contribution in [3.63, 3.8) is 0 Å². The molecule has 1 aromatic rings. The fraction of sp³-hybridized carbons (Fsp3) is 0.724. The molecule has 1 saturated carbocycles. The van der Waals surface area contributed by atoms with Crippen LogP contribution in [-0.2, 0) is 4.79 Å². The highest BCUT2D eigenvalue weighted by molar-refractivity contribution is 5.78. The number of fused-ring (bicyclic) bond motifs is 2. The van der Waals surface area contributed by atoms with Gasteiger partial charge >= 0.3 is 6.03 Å². The molecule has 6 rings (SSSR count). The predicted octanol–water partition coefficient (Wildman–Crippen LogP) is 4.17. The van der Waals surface area contributed by atoms with Crippen LogP contribution in [0.5, 0.6) is 0 Å². The van der Waals surface area contributed by atoms with Crippen LogP contribution in [0.1, 0.15) is 70.3 Å². The van der Waals surface area contributed by atoms with Crippen LogP contribution in [0.2, 0.25) is 0 Å². The summed E-state index contributed by atoms with van der Waals surface area (Å²) in [6.45, 7) is 8.04. The Bertz CT molecular complexity index is 947. The van der Waals surface area contributed by atoms with E-state index in [-0.39, 0.29) is 17.6 Å². The molecule has 1 aliphatic carbocycles. The molecule has 4 aliphatic heterocycles. The van der Waals surface area contributed by atoms with Gasteiger partial charge in [0.1, 0.15) is 0 Å². The average molecular weight is 479 g/mol. The maximum atomic E-state index is 13.1. The fourth-order valence-electron chi connectivity index (χ4n) is 8.08. The Morgan fingerprint density at radius 3 is 2.34 bits per heavy atom. The zero-order chi connectivity index (χ0) is 24.3. The zero-order valence-corrected chi connectivity index (χ0v) is 21.7. The van der Waals surface area contributed by atoms with Gasteiger partial charge in [0.25, 0.3) is 0 Å². The molecule has 0 aromatic heterocycles.